The monoisotopic (exact) mass is 1230 g/mol. The van der Waals surface area contributed by atoms with Crippen molar-refractivity contribution in [3.8, 4) is 5.75 Å². The number of allylic oxidation sites excluding steroid dienone is 2. The van der Waals surface area contributed by atoms with Crippen LogP contribution in [-0.2, 0) is 91.9 Å². The number of hydrogen-bond donors (Lipinski definition) is 5. The van der Waals surface area contributed by atoms with Gasteiger partial charge in [0.2, 0.25) is 17.3 Å². The molecule has 6 N–H and O–H groups in total. The molecule has 480 valence electrons. The molecule has 1 aromatic rings. The summed E-state index contributed by atoms with van der Waals surface area (Å²) in [7, 11) is 1.20. The second kappa shape index (κ2) is 25.9. The molecule has 10 rings (SSSR count). The minimum Gasteiger partial charge on any atom is -0.508 e. The average molecular weight is 1230 g/mol. The molecule has 1 aromatic carbocycles. The zero-order valence-corrected chi connectivity index (χ0v) is 50.3. The number of aromatic hydroxyl groups is 1. The summed E-state index contributed by atoms with van der Waals surface area (Å²) in [6.07, 6.45) is -7.65. The number of ether oxygens (including phenoxy) is 14. The highest BCUT2D eigenvalue weighted by Gasteiger charge is 2.66. The number of carboxylic acids is 1. The molecule has 0 saturated carbocycles. The number of phenolic OH excluding ortho intramolecular Hbond substituents is 1. The van der Waals surface area contributed by atoms with Crippen molar-refractivity contribution in [2.75, 3.05) is 7.11 Å². The number of Topliss-reactive ketones (excluding diaryl/α,β-unsaturated/α-hetero) is 3. The summed E-state index contributed by atoms with van der Waals surface area (Å²) in [5, 5.41) is 43.9. The van der Waals surface area contributed by atoms with Crippen molar-refractivity contribution in [3.63, 3.8) is 0 Å². The van der Waals surface area contributed by atoms with Gasteiger partial charge >= 0.3 is 11.9 Å². The molecule has 26 heteroatoms. The highest BCUT2D eigenvalue weighted by atomic mass is 16.8. The van der Waals surface area contributed by atoms with Crippen LogP contribution >= 0.6 is 0 Å². The molecule has 0 spiro atoms. The smallest absolute Gasteiger partial charge is 0.323 e. The van der Waals surface area contributed by atoms with Gasteiger partial charge in [0.05, 0.1) is 85.4 Å². The Morgan fingerprint density at radius 1 is 0.609 bits per heavy atom. The summed E-state index contributed by atoms with van der Waals surface area (Å²) < 4.78 is 86.7. The molecule has 6 fully saturated rings. The first kappa shape index (κ1) is 64.6. The number of benzene rings is 1. The van der Waals surface area contributed by atoms with Crippen LogP contribution in [0.1, 0.15) is 169 Å². The van der Waals surface area contributed by atoms with Crippen molar-refractivity contribution in [2.45, 2.75) is 262 Å². The quantitative estimate of drug-likeness (QED) is 0.0798. The van der Waals surface area contributed by atoms with E-state index in [0.717, 1.165) is 6.08 Å². The lowest BCUT2D eigenvalue weighted by Gasteiger charge is -2.50. The van der Waals surface area contributed by atoms with Crippen LogP contribution in [0, 0.1) is 11.3 Å². The Bertz CT molecular complexity index is 2910. The number of aliphatic hydroxyl groups is 2. The Morgan fingerprint density at radius 2 is 1.05 bits per heavy atom. The first-order valence-corrected chi connectivity index (χ1v) is 30.3. The number of primary amides is 1. The first-order valence-electron chi connectivity index (χ1n) is 30.3. The Labute approximate surface area is 502 Å². The molecule has 6 heterocycles. The lowest BCUT2D eigenvalue weighted by atomic mass is 9.62. The van der Waals surface area contributed by atoms with Gasteiger partial charge in [-0.15, -0.1) is 0 Å². The van der Waals surface area contributed by atoms with Crippen molar-refractivity contribution < 1.29 is 120 Å². The number of fused-ring (bicyclic) bond motifs is 3. The van der Waals surface area contributed by atoms with Gasteiger partial charge in [-0.05, 0) is 112 Å². The maximum atomic E-state index is 15.6. The van der Waals surface area contributed by atoms with Crippen molar-refractivity contribution in [3.05, 3.63) is 51.5 Å². The van der Waals surface area contributed by atoms with Gasteiger partial charge in [0.1, 0.15) is 29.3 Å². The maximum absolute atomic E-state index is 15.6. The molecule has 21 atom stereocenters. The molecule has 6 aliphatic heterocycles. The minimum atomic E-state index is -2.73. The Balaban J connectivity index is 0.781. The van der Waals surface area contributed by atoms with E-state index in [9.17, 15) is 49.2 Å². The topological polar surface area (TPSA) is 356 Å². The largest absolute Gasteiger partial charge is 0.508 e. The third kappa shape index (κ3) is 12.8. The summed E-state index contributed by atoms with van der Waals surface area (Å²) in [5.74, 6) is -11.3. The molecule has 18 unspecified atom stereocenters. The van der Waals surface area contributed by atoms with E-state index >= 15 is 4.79 Å². The summed E-state index contributed by atoms with van der Waals surface area (Å²) >= 11 is 0. The fourth-order valence-electron chi connectivity index (χ4n) is 13.2. The number of esters is 1. The van der Waals surface area contributed by atoms with Crippen LogP contribution in [-0.4, -0.2) is 191 Å². The molecule has 6 saturated heterocycles. The number of nitrogens with two attached hydrogens (primary N) is 1. The van der Waals surface area contributed by atoms with E-state index in [-0.39, 0.29) is 54.5 Å². The van der Waals surface area contributed by atoms with Gasteiger partial charge in [-0.3, -0.25) is 33.6 Å². The number of methoxy groups -OCH3 is 1. The maximum Gasteiger partial charge on any atom is 0.323 e. The van der Waals surface area contributed by atoms with Gasteiger partial charge in [0.25, 0.3) is 5.91 Å². The van der Waals surface area contributed by atoms with E-state index in [1.54, 1.807) is 27.7 Å². The average Bonchev–Trinajstić information content (AvgIpc) is 0.710. The molecular formula is C61H81NO25. The predicted octanol–water partition coefficient (Wildman–Crippen LogP) is 4.75. The van der Waals surface area contributed by atoms with E-state index in [2.05, 4.69) is 0 Å². The summed E-state index contributed by atoms with van der Waals surface area (Å²) in [4.78, 5) is 95.0. The number of carboxylic acid groups (broad SMARTS) is 1. The zero-order chi connectivity index (χ0) is 62.7. The van der Waals surface area contributed by atoms with Crippen molar-refractivity contribution in [1.29, 1.82) is 0 Å². The number of aliphatic hydroxyl groups excluding tert-OH is 2. The Morgan fingerprint density at radius 3 is 1.49 bits per heavy atom. The van der Waals surface area contributed by atoms with Crippen LogP contribution in [0.2, 0.25) is 0 Å². The van der Waals surface area contributed by atoms with Gasteiger partial charge in [0, 0.05) is 56.1 Å². The second-order valence-corrected chi connectivity index (χ2v) is 24.8. The normalized spacial score (nSPS) is 39.3. The SMILES string of the molecule is COC1=CC(=O)c2c(cc3c(c2O)C(=O)[C@@]2(OC4CCC(OC5CCC(O)C(C)O5)C(C)O4)C(O)=C(C(N)=O)C(=O)[C@H](OC4CCC(OC5CCC(OC6CCC(OC7CCC(OC(=O)C(C)(C)C(=O)O)C(C)O7)C(C)O6)C(C)O5)C(C)O4)[C@H]2C3)C1=O. The minimum absolute atomic E-state index is 0.000350. The molecule has 9 aliphatic rings. The van der Waals surface area contributed by atoms with Crippen LogP contribution < -0.4 is 5.73 Å². The lowest BCUT2D eigenvalue weighted by molar-refractivity contribution is -0.316. The number of rotatable bonds is 17. The van der Waals surface area contributed by atoms with Gasteiger partial charge in [-0.25, -0.2) is 0 Å². The lowest BCUT2D eigenvalue weighted by Crippen LogP contribution is -2.65. The van der Waals surface area contributed by atoms with Crippen LogP contribution in [0.5, 0.6) is 5.75 Å². The molecule has 1 amide bonds. The third-order valence-corrected chi connectivity index (χ3v) is 18.5. The van der Waals surface area contributed by atoms with Crippen LogP contribution in [0.4, 0.5) is 0 Å². The third-order valence-electron chi connectivity index (χ3n) is 18.5. The molecule has 0 aromatic heterocycles. The van der Waals surface area contributed by atoms with Crippen LogP contribution in [0.25, 0.3) is 0 Å². The van der Waals surface area contributed by atoms with Gasteiger partial charge < -0.3 is 92.5 Å². The molecular weight excluding hydrogens is 1150 g/mol. The van der Waals surface area contributed by atoms with Crippen molar-refractivity contribution >= 4 is 41.0 Å². The number of phenols is 1. The molecule has 0 bridgehead atoms. The van der Waals surface area contributed by atoms with Gasteiger partial charge in [0.15, 0.2) is 60.3 Å². The summed E-state index contributed by atoms with van der Waals surface area (Å²) in [6, 6.07) is 1.25. The number of carbonyl (C=O) groups excluding carboxylic acids is 6. The van der Waals surface area contributed by atoms with E-state index in [1.807, 2.05) is 13.8 Å². The number of ketones is 4. The van der Waals surface area contributed by atoms with Gasteiger partial charge in [-0.2, -0.15) is 0 Å². The Kier molecular flexibility index (Phi) is 19.2. The fourth-order valence-corrected chi connectivity index (χ4v) is 13.2. The fraction of sp³-hybridized carbons (Fsp3) is 0.721. The van der Waals surface area contributed by atoms with Gasteiger partial charge in [-0.1, -0.05) is 0 Å². The number of amides is 1. The van der Waals surface area contributed by atoms with E-state index in [1.165, 1.54) is 27.0 Å². The van der Waals surface area contributed by atoms with Crippen molar-refractivity contribution in [2.24, 2.45) is 17.1 Å². The van der Waals surface area contributed by atoms with E-state index in [0.29, 0.717) is 57.8 Å². The highest BCUT2D eigenvalue weighted by molar-refractivity contribution is 6.28. The molecule has 0 radical (unpaired) electrons. The highest BCUT2D eigenvalue weighted by Crippen LogP contribution is 2.52. The molecule has 87 heavy (non-hydrogen) atoms. The van der Waals surface area contributed by atoms with E-state index in [4.69, 9.17) is 72.0 Å². The van der Waals surface area contributed by atoms with Crippen LogP contribution in [0.15, 0.2) is 29.2 Å². The predicted molar refractivity (Wildman–Crippen MR) is 294 cm³/mol. The second-order valence-electron chi connectivity index (χ2n) is 24.8. The number of hydrogen-bond acceptors (Lipinski definition) is 24. The standard InChI is InChI=1S/C61H81NO25/c1-25-34(63)10-16-42(75-25)81-39-15-21-47(80-29(39)5)87-61-33(23-31-22-32-49(52(66)48(31)55(61)68)35(64)24-41(74-9)51(32)65)54(53(67)50(56(61)69)57(62)70)86-46-20-13-38(28(4)79-46)84-44-18-11-36(26(2)77-44)82-43-17-12-37(27(3)76-43)83-45-19-14-40(30(6)78-45)85-59(73)60(7,8)58(71)72/h22,24-30,33-34,36-40,42-47,54,63,66,69H,10-21,23H2,1-9H3,(H2,62,70)(H,71,72)/t25?,26?,27?,28?,29?,30?,33-,34?,36?,37?,38?,39?,40?,42?,43?,44?,45?,46?,47?,54-,61-/m1/s1. The van der Waals surface area contributed by atoms with Crippen molar-refractivity contribution in [1.82, 2.24) is 0 Å². The zero-order valence-electron chi connectivity index (χ0n) is 50.3. The number of aliphatic carboxylic acids is 1. The van der Waals surface area contributed by atoms with E-state index < -0.39 is 191 Å². The first-order chi connectivity index (χ1) is 41.2. The van der Waals surface area contributed by atoms with Crippen LogP contribution in [0.3, 0.4) is 0 Å². The Hall–Kier alpha value is -5.33. The summed E-state index contributed by atoms with van der Waals surface area (Å²) in [6.45, 7) is 13.3. The molecule has 26 nitrogen and oxygen atoms in total. The number of carbonyl (C=O) groups is 7. The summed E-state index contributed by atoms with van der Waals surface area (Å²) in [5.41, 5.74) is -0.840. The molecule has 3 aliphatic carbocycles.